The number of hydrogen-bond acceptors (Lipinski definition) is 4. The number of aliphatic hydroxyl groups is 1. The Balaban J connectivity index is 4.05. The Morgan fingerprint density at radius 2 is 1.83 bits per heavy atom. The third-order valence-electron chi connectivity index (χ3n) is 2.59. The Bertz CT molecular complexity index is 205. The fraction of sp³-hybridized carbons (Fsp3) is 0.923. The van der Waals surface area contributed by atoms with Gasteiger partial charge in [0.05, 0.1) is 6.61 Å². The minimum atomic E-state index is -1.59. The van der Waals surface area contributed by atoms with E-state index in [0.717, 1.165) is 25.7 Å². The summed E-state index contributed by atoms with van der Waals surface area (Å²) in [6.07, 6.45) is 0.710. The second-order valence-corrected chi connectivity index (χ2v) is 4.30. The van der Waals surface area contributed by atoms with Crippen LogP contribution in [0.4, 0.5) is 4.39 Å². The molecule has 108 valence electrons. The molecular formula is C13H26FNO3. The van der Waals surface area contributed by atoms with Crippen molar-refractivity contribution < 1.29 is 19.0 Å². The SMILES string of the molecule is CCCCOC[C@@H](O)[C@@H](OCCCC)[C@H](F)C=N. The maximum absolute atomic E-state index is 13.5. The lowest BCUT2D eigenvalue weighted by Crippen LogP contribution is -2.41. The van der Waals surface area contributed by atoms with Gasteiger partial charge in [0.1, 0.15) is 12.2 Å². The molecule has 0 aliphatic carbocycles. The standard InChI is InChI=1S/C13H26FNO3/c1-3-5-7-17-10-12(16)13(11(14)9-15)18-8-6-4-2/h9,11-13,15-16H,3-8,10H2,1-2H3/t11-,12-,13+/m1/s1. The van der Waals surface area contributed by atoms with E-state index in [1.165, 1.54) is 0 Å². The Labute approximate surface area is 109 Å². The first-order valence-corrected chi connectivity index (χ1v) is 6.69. The smallest absolute Gasteiger partial charge is 0.163 e. The van der Waals surface area contributed by atoms with E-state index in [-0.39, 0.29) is 6.61 Å². The molecule has 0 aliphatic rings. The van der Waals surface area contributed by atoms with Gasteiger partial charge in [-0.15, -0.1) is 0 Å². The molecule has 3 atom stereocenters. The van der Waals surface area contributed by atoms with E-state index in [2.05, 4.69) is 0 Å². The number of alkyl halides is 1. The second kappa shape index (κ2) is 11.6. The lowest BCUT2D eigenvalue weighted by Gasteiger charge is -2.24. The molecule has 5 heteroatoms. The average molecular weight is 263 g/mol. The van der Waals surface area contributed by atoms with Crippen LogP contribution in [0.15, 0.2) is 0 Å². The summed E-state index contributed by atoms with van der Waals surface area (Å²) in [6.45, 7) is 5.04. The normalized spacial score (nSPS) is 16.2. The van der Waals surface area contributed by atoms with Crippen molar-refractivity contribution in [2.24, 2.45) is 0 Å². The molecule has 4 nitrogen and oxygen atoms in total. The van der Waals surface area contributed by atoms with Crippen molar-refractivity contribution in [3.8, 4) is 0 Å². The lowest BCUT2D eigenvalue weighted by atomic mass is 10.1. The van der Waals surface area contributed by atoms with Gasteiger partial charge in [0.25, 0.3) is 0 Å². The van der Waals surface area contributed by atoms with E-state index in [9.17, 15) is 9.50 Å². The number of rotatable bonds is 12. The molecule has 0 aromatic carbocycles. The molecular weight excluding hydrogens is 237 g/mol. The summed E-state index contributed by atoms with van der Waals surface area (Å²) in [5.74, 6) is 0. The zero-order valence-corrected chi connectivity index (χ0v) is 11.4. The zero-order valence-electron chi connectivity index (χ0n) is 11.4. The number of hydrogen-bond donors (Lipinski definition) is 2. The molecule has 0 aromatic rings. The number of unbranched alkanes of at least 4 members (excludes halogenated alkanes) is 2. The molecule has 0 aromatic heterocycles. The molecule has 0 unspecified atom stereocenters. The highest BCUT2D eigenvalue weighted by Gasteiger charge is 2.28. The highest BCUT2D eigenvalue weighted by Crippen LogP contribution is 2.10. The number of aliphatic hydroxyl groups excluding tert-OH is 1. The van der Waals surface area contributed by atoms with Crippen molar-refractivity contribution in [2.75, 3.05) is 19.8 Å². The first kappa shape index (κ1) is 17.5. The summed E-state index contributed by atoms with van der Waals surface area (Å²) in [6, 6.07) is 0. The van der Waals surface area contributed by atoms with E-state index in [1.54, 1.807) is 0 Å². The maximum Gasteiger partial charge on any atom is 0.163 e. The predicted molar refractivity (Wildman–Crippen MR) is 70.1 cm³/mol. The molecule has 0 saturated heterocycles. The van der Waals surface area contributed by atoms with Crippen LogP contribution in [-0.2, 0) is 9.47 Å². The summed E-state index contributed by atoms with van der Waals surface area (Å²) in [5, 5.41) is 16.7. The highest BCUT2D eigenvalue weighted by molar-refractivity contribution is 5.60. The lowest BCUT2D eigenvalue weighted by molar-refractivity contribution is -0.0897. The Hall–Kier alpha value is -0.520. The molecule has 18 heavy (non-hydrogen) atoms. The average Bonchev–Trinajstić information content (AvgIpc) is 2.38. The molecule has 0 aliphatic heterocycles. The van der Waals surface area contributed by atoms with E-state index in [0.29, 0.717) is 19.4 Å². The first-order chi connectivity index (χ1) is 8.67. The predicted octanol–water partition coefficient (Wildman–Crippen LogP) is 2.34. The van der Waals surface area contributed by atoms with E-state index in [4.69, 9.17) is 14.9 Å². The molecule has 0 radical (unpaired) electrons. The molecule has 0 saturated carbocycles. The minimum absolute atomic E-state index is 0.0467. The van der Waals surface area contributed by atoms with Gasteiger partial charge in [-0.3, -0.25) is 0 Å². The van der Waals surface area contributed by atoms with Crippen LogP contribution < -0.4 is 0 Å². The van der Waals surface area contributed by atoms with Crippen LogP contribution in [0.25, 0.3) is 0 Å². The first-order valence-electron chi connectivity index (χ1n) is 6.69. The number of halogens is 1. The van der Waals surface area contributed by atoms with Crippen molar-refractivity contribution in [3.05, 3.63) is 0 Å². The fourth-order valence-electron chi connectivity index (χ4n) is 1.42. The monoisotopic (exact) mass is 263 g/mol. The van der Waals surface area contributed by atoms with Gasteiger partial charge in [-0.1, -0.05) is 26.7 Å². The van der Waals surface area contributed by atoms with Crippen LogP contribution in [0.5, 0.6) is 0 Å². The summed E-state index contributed by atoms with van der Waals surface area (Å²) in [4.78, 5) is 0. The summed E-state index contributed by atoms with van der Waals surface area (Å²) in [5.41, 5.74) is 0. The highest BCUT2D eigenvalue weighted by atomic mass is 19.1. The number of nitrogens with one attached hydrogen (secondary N) is 1. The number of ether oxygens (including phenoxy) is 2. The third kappa shape index (κ3) is 7.74. The Kier molecular flexibility index (Phi) is 11.2. The summed E-state index contributed by atoms with van der Waals surface area (Å²) in [7, 11) is 0. The topological polar surface area (TPSA) is 62.5 Å². The van der Waals surface area contributed by atoms with Gasteiger partial charge in [-0.2, -0.15) is 0 Å². The summed E-state index contributed by atoms with van der Waals surface area (Å²) >= 11 is 0. The van der Waals surface area contributed by atoms with Crippen LogP contribution >= 0.6 is 0 Å². The van der Waals surface area contributed by atoms with Crippen LogP contribution in [0.1, 0.15) is 39.5 Å². The zero-order chi connectivity index (χ0) is 13.8. The van der Waals surface area contributed by atoms with Gasteiger partial charge < -0.3 is 20.0 Å². The van der Waals surface area contributed by atoms with E-state index >= 15 is 0 Å². The Morgan fingerprint density at radius 3 is 2.39 bits per heavy atom. The van der Waals surface area contributed by atoms with Gasteiger partial charge >= 0.3 is 0 Å². The quantitative estimate of drug-likeness (QED) is 0.419. The molecule has 0 spiro atoms. The van der Waals surface area contributed by atoms with Crippen LogP contribution in [0.2, 0.25) is 0 Å². The van der Waals surface area contributed by atoms with E-state index in [1.807, 2.05) is 13.8 Å². The third-order valence-corrected chi connectivity index (χ3v) is 2.59. The molecule has 2 N–H and O–H groups in total. The van der Waals surface area contributed by atoms with Crippen molar-refractivity contribution in [2.45, 2.75) is 57.9 Å². The molecule has 0 heterocycles. The molecule has 0 bridgehead atoms. The largest absolute Gasteiger partial charge is 0.388 e. The second-order valence-electron chi connectivity index (χ2n) is 4.30. The minimum Gasteiger partial charge on any atom is -0.388 e. The van der Waals surface area contributed by atoms with Crippen molar-refractivity contribution in [1.29, 1.82) is 5.41 Å². The van der Waals surface area contributed by atoms with Crippen molar-refractivity contribution in [3.63, 3.8) is 0 Å². The van der Waals surface area contributed by atoms with Gasteiger partial charge in [-0.05, 0) is 12.8 Å². The molecule has 0 fully saturated rings. The maximum atomic E-state index is 13.5. The van der Waals surface area contributed by atoms with Crippen LogP contribution in [0.3, 0.4) is 0 Å². The summed E-state index contributed by atoms with van der Waals surface area (Å²) < 4.78 is 24.0. The van der Waals surface area contributed by atoms with Gasteiger partial charge in [-0.25, -0.2) is 4.39 Å². The Morgan fingerprint density at radius 1 is 1.22 bits per heavy atom. The molecule has 0 amide bonds. The van der Waals surface area contributed by atoms with Crippen LogP contribution in [0, 0.1) is 5.41 Å². The van der Waals surface area contributed by atoms with Gasteiger partial charge in [0, 0.05) is 19.4 Å². The van der Waals surface area contributed by atoms with E-state index < -0.39 is 18.4 Å². The van der Waals surface area contributed by atoms with Gasteiger partial charge in [0.2, 0.25) is 0 Å². The van der Waals surface area contributed by atoms with Gasteiger partial charge in [0.15, 0.2) is 6.17 Å². The fourth-order valence-corrected chi connectivity index (χ4v) is 1.42. The van der Waals surface area contributed by atoms with Crippen LogP contribution in [-0.4, -0.2) is 49.5 Å². The molecule has 0 rings (SSSR count). The van der Waals surface area contributed by atoms with Crippen molar-refractivity contribution in [1.82, 2.24) is 0 Å². The van der Waals surface area contributed by atoms with Crippen molar-refractivity contribution >= 4 is 6.21 Å².